The first-order chi connectivity index (χ1) is 19.0. The zero-order valence-electron chi connectivity index (χ0n) is 21.0. The van der Waals surface area contributed by atoms with E-state index in [4.69, 9.17) is 8.83 Å². The van der Waals surface area contributed by atoms with Gasteiger partial charge in [0.1, 0.15) is 18.1 Å². The molecule has 0 spiro atoms. The number of aromatic nitrogens is 2. The maximum atomic E-state index is 13.5. The van der Waals surface area contributed by atoms with Gasteiger partial charge in [-0.3, -0.25) is 23.5 Å². The second-order valence-electron chi connectivity index (χ2n) is 8.92. The number of benzene rings is 2. The van der Waals surface area contributed by atoms with Crippen molar-refractivity contribution in [3.05, 3.63) is 129 Å². The van der Waals surface area contributed by atoms with E-state index in [1.165, 1.54) is 35.3 Å². The summed E-state index contributed by atoms with van der Waals surface area (Å²) in [6, 6.07) is 21.0. The highest BCUT2D eigenvalue weighted by atomic mass is 16.3. The van der Waals surface area contributed by atoms with Gasteiger partial charge in [0.15, 0.2) is 0 Å². The normalized spacial score (nSPS) is 11.0. The van der Waals surface area contributed by atoms with E-state index in [0.29, 0.717) is 24.5 Å². The monoisotopic (exact) mass is 526 g/mol. The molecule has 2 N–H and O–H groups in total. The van der Waals surface area contributed by atoms with E-state index in [1.54, 1.807) is 24.3 Å². The van der Waals surface area contributed by atoms with Gasteiger partial charge in [-0.05, 0) is 54.4 Å². The van der Waals surface area contributed by atoms with Crippen LogP contribution in [0.5, 0.6) is 0 Å². The molecule has 0 aliphatic heterocycles. The Hall–Kier alpha value is -5.12. The summed E-state index contributed by atoms with van der Waals surface area (Å²) in [6.45, 7) is 0.0805. The van der Waals surface area contributed by atoms with Crippen LogP contribution in [0.25, 0.3) is 10.9 Å². The summed E-state index contributed by atoms with van der Waals surface area (Å²) in [5, 5.41) is 5.77. The van der Waals surface area contributed by atoms with Gasteiger partial charge in [-0.25, -0.2) is 4.79 Å². The van der Waals surface area contributed by atoms with Gasteiger partial charge in [0.25, 0.3) is 11.5 Å². The lowest BCUT2D eigenvalue weighted by Crippen LogP contribution is -2.42. The molecule has 0 atom stereocenters. The van der Waals surface area contributed by atoms with Crippen molar-refractivity contribution in [1.82, 2.24) is 19.8 Å². The minimum atomic E-state index is -0.696. The summed E-state index contributed by atoms with van der Waals surface area (Å²) in [5.74, 6) is 0.152. The van der Waals surface area contributed by atoms with Crippen molar-refractivity contribution in [3.8, 4) is 0 Å². The Bertz CT molecular complexity index is 1700. The minimum absolute atomic E-state index is 0.101. The van der Waals surface area contributed by atoms with Crippen LogP contribution >= 0.6 is 0 Å². The summed E-state index contributed by atoms with van der Waals surface area (Å²) in [4.78, 5) is 52.5. The highest BCUT2D eigenvalue weighted by Crippen LogP contribution is 2.13. The van der Waals surface area contributed by atoms with Gasteiger partial charge in [0.05, 0.1) is 36.5 Å². The van der Waals surface area contributed by atoms with Crippen LogP contribution in [0.2, 0.25) is 0 Å². The summed E-state index contributed by atoms with van der Waals surface area (Å²) in [5.41, 5.74) is 0.295. The zero-order valence-corrected chi connectivity index (χ0v) is 21.0. The summed E-state index contributed by atoms with van der Waals surface area (Å²) in [6.07, 6.45) is 3.60. The zero-order chi connectivity index (χ0) is 27.2. The average Bonchev–Trinajstić information content (AvgIpc) is 3.67. The van der Waals surface area contributed by atoms with Crippen LogP contribution in [-0.4, -0.2) is 27.5 Å². The Kier molecular flexibility index (Phi) is 7.53. The van der Waals surface area contributed by atoms with Crippen LogP contribution < -0.4 is 21.9 Å². The second-order valence-corrected chi connectivity index (χ2v) is 8.92. The molecule has 198 valence electrons. The lowest BCUT2D eigenvalue weighted by molar-refractivity contribution is -0.121. The van der Waals surface area contributed by atoms with Crippen LogP contribution in [0.3, 0.4) is 0 Å². The Morgan fingerprint density at radius 3 is 2.26 bits per heavy atom. The highest BCUT2D eigenvalue weighted by molar-refractivity contribution is 5.98. The number of hydrogen-bond acceptors (Lipinski definition) is 6. The third kappa shape index (κ3) is 5.90. The minimum Gasteiger partial charge on any atom is -0.467 e. The van der Waals surface area contributed by atoms with E-state index in [1.807, 2.05) is 30.3 Å². The van der Waals surface area contributed by atoms with Crippen molar-refractivity contribution in [2.45, 2.75) is 26.1 Å². The van der Waals surface area contributed by atoms with Crippen LogP contribution in [0, 0.1) is 0 Å². The molecule has 0 aliphatic rings. The van der Waals surface area contributed by atoms with Crippen molar-refractivity contribution in [3.63, 3.8) is 0 Å². The van der Waals surface area contributed by atoms with Crippen LogP contribution in [0.4, 0.5) is 0 Å². The first-order valence-corrected chi connectivity index (χ1v) is 12.4. The van der Waals surface area contributed by atoms with Gasteiger partial charge in [0, 0.05) is 12.1 Å². The molecular formula is C29H26N4O6. The first kappa shape index (κ1) is 25.5. The molecule has 0 radical (unpaired) electrons. The number of hydrogen-bond donors (Lipinski definition) is 2. The van der Waals surface area contributed by atoms with E-state index in [0.717, 1.165) is 10.1 Å². The Morgan fingerprint density at radius 2 is 1.54 bits per heavy atom. The fourth-order valence-corrected chi connectivity index (χ4v) is 4.27. The quantitative estimate of drug-likeness (QED) is 0.288. The molecule has 0 fully saturated rings. The fourth-order valence-electron chi connectivity index (χ4n) is 4.27. The molecule has 10 nitrogen and oxygen atoms in total. The Morgan fingerprint density at radius 1 is 0.795 bits per heavy atom. The maximum absolute atomic E-state index is 13.5. The van der Waals surface area contributed by atoms with Crippen LogP contribution in [-0.2, 0) is 30.8 Å². The number of nitrogens with one attached hydrogen (secondary N) is 2. The third-order valence-electron chi connectivity index (χ3n) is 6.27. The standard InChI is InChI=1S/C29H26N4O6/c34-26(31-17-22-8-4-14-38-22)19-32-25-16-21(27(35)30-13-12-20-6-2-1-3-7-20)10-11-24(25)28(36)33(29(32)37)18-23-9-5-15-39-23/h1-11,14-16H,12-13,17-19H2,(H,30,35)(H,31,34). The summed E-state index contributed by atoms with van der Waals surface area (Å²) in [7, 11) is 0. The topological polar surface area (TPSA) is 128 Å². The predicted molar refractivity (Wildman–Crippen MR) is 143 cm³/mol. The summed E-state index contributed by atoms with van der Waals surface area (Å²) < 4.78 is 12.8. The van der Waals surface area contributed by atoms with Gasteiger partial charge < -0.3 is 19.5 Å². The maximum Gasteiger partial charge on any atom is 0.332 e. The number of amides is 2. The molecule has 5 rings (SSSR count). The van der Waals surface area contributed by atoms with Crippen LogP contribution in [0.1, 0.15) is 27.4 Å². The Balaban J connectivity index is 1.45. The number of fused-ring (bicyclic) bond motifs is 1. The molecule has 5 aromatic rings. The van der Waals surface area contributed by atoms with E-state index in [2.05, 4.69) is 10.6 Å². The Labute approximate surface area is 222 Å². The first-order valence-electron chi connectivity index (χ1n) is 12.4. The van der Waals surface area contributed by atoms with Crippen molar-refractivity contribution in [2.24, 2.45) is 0 Å². The van der Waals surface area contributed by atoms with E-state index < -0.39 is 17.2 Å². The van der Waals surface area contributed by atoms with E-state index >= 15 is 0 Å². The molecule has 0 unspecified atom stereocenters. The second kappa shape index (κ2) is 11.5. The molecule has 3 aromatic heterocycles. The average molecular weight is 527 g/mol. The molecular weight excluding hydrogens is 500 g/mol. The highest BCUT2D eigenvalue weighted by Gasteiger charge is 2.18. The van der Waals surface area contributed by atoms with Gasteiger partial charge in [0.2, 0.25) is 5.91 Å². The molecule has 2 aromatic carbocycles. The largest absolute Gasteiger partial charge is 0.467 e. The molecule has 0 aliphatic carbocycles. The third-order valence-corrected chi connectivity index (χ3v) is 6.27. The number of nitrogens with zero attached hydrogens (tertiary/aromatic N) is 2. The van der Waals surface area contributed by atoms with E-state index in [-0.39, 0.29) is 42.0 Å². The number of furan rings is 2. The smallest absolute Gasteiger partial charge is 0.332 e. The van der Waals surface area contributed by atoms with Crippen molar-refractivity contribution >= 4 is 22.7 Å². The number of carbonyl (C=O) groups is 2. The predicted octanol–water partition coefficient (Wildman–Crippen LogP) is 2.69. The van der Waals surface area contributed by atoms with Gasteiger partial charge in [-0.15, -0.1) is 0 Å². The van der Waals surface area contributed by atoms with Gasteiger partial charge in [-0.1, -0.05) is 30.3 Å². The summed E-state index contributed by atoms with van der Waals surface area (Å²) >= 11 is 0. The number of rotatable bonds is 10. The van der Waals surface area contributed by atoms with E-state index in [9.17, 15) is 19.2 Å². The van der Waals surface area contributed by atoms with Crippen molar-refractivity contribution < 1.29 is 18.4 Å². The molecule has 10 heteroatoms. The van der Waals surface area contributed by atoms with Crippen molar-refractivity contribution in [2.75, 3.05) is 6.54 Å². The lowest BCUT2D eigenvalue weighted by atomic mass is 10.1. The number of carbonyl (C=O) groups excluding carboxylic acids is 2. The van der Waals surface area contributed by atoms with Gasteiger partial charge >= 0.3 is 5.69 Å². The fraction of sp³-hybridized carbons (Fsp3) is 0.172. The molecule has 39 heavy (non-hydrogen) atoms. The lowest BCUT2D eigenvalue weighted by Gasteiger charge is -2.15. The van der Waals surface area contributed by atoms with Gasteiger partial charge in [-0.2, -0.15) is 0 Å². The molecule has 2 amide bonds. The van der Waals surface area contributed by atoms with Crippen molar-refractivity contribution in [1.29, 1.82) is 0 Å². The molecule has 0 saturated heterocycles. The molecule has 3 heterocycles. The molecule has 0 saturated carbocycles. The van der Waals surface area contributed by atoms with Crippen LogP contribution in [0.15, 0.2) is 104 Å². The SMILES string of the molecule is O=C(Cn1c(=O)n(Cc2ccco2)c(=O)c2ccc(C(=O)NCCc3ccccc3)cc21)NCc1ccco1. The molecule has 0 bridgehead atoms.